The van der Waals surface area contributed by atoms with Crippen molar-refractivity contribution in [3.8, 4) is 0 Å². The minimum Gasteiger partial charge on any atom is -0.375 e. The normalized spacial score (nSPS) is 40.0. The van der Waals surface area contributed by atoms with E-state index in [0.717, 1.165) is 0 Å². The van der Waals surface area contributed by atoms with Gasteiger partial charge in [-0.25, -0.2) is 4.39 Å². The molecular weight excluding hydrogens is 131 g/mol. The third kappa shape index (κ3) is 1.21. The molecule has 0 amide bonds. The summed E-state index contributed by atoms with van der Waals surface area (Å²) in [5.41, 5.74) is 0. The standard InChI is InChI=1S/C8H13FO/c1-3-7-6(2)5-10-8(7)4-9/h3,6-8H,1,4-5H2,2H3/t6?,7-,8-/m0/s1. The smallest absolute Gasteiger partial charge is 0.116 e. The summed E-state index contributed by atoms with van der Waals surface area (Å²) in [6, 6.07) is 0. The highest BCUT2D eigenvalue weighted by atomic mass is 19.1. The van der Waals surface area contributed by atoms with E-state index in [2.05, 4.69) is 13.5 Å². The van der Waals surface area contributed by atoms with Gasteiger partial charge in [-0.05, 0) is 5.92 Å². The lowest BCUT2D eigenvalue weighted by Gasteiger charge is -2.12. The van der Waals surface area contributed by atoms with Crippen LogP contribution in [-0.2, 0) is 4.74 Å². The van der Waals surface area contributed by atoms with E-state index in [4.69, 9.17) is 4.74 Å². The van der Waals surface area contributed by atoms with Crippen molar-refractivity contribution >= 4 is 0 Å². The fourth-order valence-corrected chi connectivity index (χ4v) is 1.40. The molecule has 0 aromatic carbocycles. The lowest BCUT2D eigenvalue weighted by Crippen LogP contribution is -2.18. The quantitative estimate of drug-likeness (QED) is 0.537. The summed E-state index contributed by atoms with van der Waals surface area (Å²) < 4.78 is 17.3. The largest absolute Gasteiger partial charge is 0.375 e. The lowest BCUT2D eigenvalue weighted by atomic mass is 9.93. The maximum atomic E-state index is 12.1. The molecule has 10 heavy (non-hydrogen) atoms. The maximum Gasteiger partial charge on any atom is 0.116 e. The van der Waals surface area contributed by atoms with Crippen molar-refractivity contribution in [1.82, 2.24) is 0 Å². The van der Waals surface area contributed by atoms with Crippen molar-refractivity contribution < 1.29 is 9.13 Å². The van der Waals surface area contributed by atoms with Crippen molar-refractivity contribution in [2.45, 2.75) is 13.0 Å². The fraction of sp³-hybridized carbons (Fsp3) is 0.750. The van der Waals surface area contributed by atoms with Crippen LogP contribution >= 0.6 is 0 Å². The van der Waals surface area contributed by atoms with Gasteiger partial charge in [0.1, 0.15) is 6.67 Å². The average molecular weight is 144 g/mol. The molecule has 1 unspecified atom stereocenters. The second kappa shape index (κ2) is 3.15. The van der Waals surface area contributed by atoms with Crippen LogP contribution in [0.2, 0.25) is 0 Å². The average Bonchev–Trinajstić information content (AvgIpc) is 2.30. The van der Waals surface area contributed by atoms with Gasteiger partial charge in [0.2, 0.25) is 0 Å². The summed E-state index contributed by atoms with van der Waals surface area (Å²) in [7, 11) is 0. The van der Waals surface area contributed by atoms with Crippen molar-refractivity contribution in [1.29, 1.82) is 0 Å². The first kappa shape index (κ1) is 7.73. The van der Waals surface area contributed by atoms with E-state index in [1.54, 1.807) is 6.08 Å². The van der Waals surface area contributed by atoms with Crippen LogP contribution < -0.4 is 0 Å². The van der Waals surface area contributed by atoms with Gasteiger partial charge >= 0.3 is 0 Å². The Balaban J connectivity index is 2.53. The van der Waals surface area contributed by atoms with Crippen LogP contribution in [0.4, 0.5) is 4.39 Å². The van der Waals surface area contributed by atoms with Crippen LogP contribution in [0.5, 0.6) is 0 Å². The highest BCUT2D eigenvalue weighted by Gasteiger charge is 2.31. The molecule has 1 heterocycles. The van der Waals surface area contributed by atoms with E-state index in [1.165, 1.54) is 0 Å². The maximum absolute atomic E-state index is 12.1. The molecule has 1 fully saturated rings. The zero-order valence-electron chi connectivity index (χ0n) is 6.22. The molecule has 0 N–H and O–H groups in total. The van der Waals surface area contributed by atoms with Gasteiger partial charge < -0.3 is 4.74 Å². The monoisotopic (exact) mass is 144 g/mol. The van der Waals surface area contributed by atoms with Crippen molar-refractivity contribution in [2.24, 2.45) is 11.8 Å². The van der Waals surface area contributed by atoms with Gasteiger partial charge in [-0.2, -0.15) is 0 Å². The second-order valence-corrected chi connectivity index (χ2v) is 2.82. The third-order valence-corrected chi connectivity index (χ3v) is 2.08. The van der Waals surface area contributed by atoms with Crippen LogP contribution in [0.15, 0.2) is 12.7 Å². The summed E-state index contributed by atoms with van der Waals surface area (Å²) in [5.74, 6) is 0.642. The Morgan fingerprint density at radius 2 is 2.50 bits per heavy atom. The van der Waals surface area contributed by atoms with E-state index in [-0.39, 0.29) is 18.7 Å². The van der Waals surface area contributed by atoms with Crippen LogP contribution in [-0.4, -0.2) is 19.4 Å². The van der Waals surface area contributed by atoms with Crippen molar-refractivity contribution in [2.75, 3.05) is 13.3 Å². The van der Waals surface area contributed by atoms with Crippen molar-refractivity contribution in [3.63, 3.8) is 0 Å². The highest BCUT2D eigenvalue weighted by Crippen LogP contribution is 2.27. The fourth-order valence-electron chi connectivity index (χ4n) is 1.40. The minimum absolute atomic E-state index is 0.213. The first-order valence-electron chi connectivity index (χ1n) is 3.59. The molecule has 0 aromatic heterocycles. The number of ether oxygens (including phenoxy) is 1. The van der Waals surface area contributed by atoms with Crippen molar-refractivity contribution in [3.05, 3.63) is 12.7 Å². The van der Waals surface area contributed by atoms with Crippen LogP contribution in [0.3, 0.4) is 0 Å². The molecule has 0 saturated carbocycles. The molecular formula is C8H13FO. The Morgan fingerprint density at radius 3 is 2.90 bits per heavy atom. The Morgan fingerprint density at radius 1 is 1.80 bits per heavy atom. The summed E-state index contributed by atoms with van der Waals surface area (Å²) in [6.45, 7) is 5.99. The lowest BCUT2D eigenvalue weighted by molar-refractivity contribution is 0.0761. The molecule has 0 bridgehead atoms. The van der Waals surface area contributed by atoms with Gasteiger partial charge in [-0.15, -0.1) is 6.58 Å². The molecule has 2 heteroatoms. The molecule has 1 aliphatic heterocycles. The minimum atomic E-state index is -0.388. The zero-order chi connectivity index (χ0) is 7.56. The molecule has 0 radical (unpaired) electrons. The van der Waals surface area contributed by atoms with E-state index in [1.807, 2.05) is 0 Å². The van der Waals surface area contributed by atoms with E-state index < -0.39 is 0 Å². The van der Waals surface area contributed by atoms with Gasteiger partial charge in [0, 0.05) is 5.92 Å². The number of hydrogen-bond acceptors (Lipinski definition) is 1. The summed E-state index contributed by atoms with van der Waals surface area (Å²) >= 11 is 0. The first-order valence-corrected chi connectivity index (χ1v) is 3.59. The summed E-state index contributed by atoms with van der Waals surface area (Å²) in [4.78, 5) is 0. The molecule has 0 aliphatic carbocycles. The van der Waals surface area contributed by atoms with E-state index in [0.29, 0.717) is 12.5 Å². The Kier molecular flexibility index (Phi) is 2.44. The van der Waals surface area contributed by atoms with Gasteiger partial charge in [-0.1, -0.05) is 13.0 Å². The molecule has 1 aliphatic rings. The summed E-state index contributed by atoms with van der Waals surface area (Å²) in [6.07, 6.45) is 1.56. The van der Waals surface area contributed by atoms with E-state index in [9.17, 15) is 4.39 Å². The van der Waals surface area contributed by atoms with Crippen LogP contribution in [0.25, 0.3) is 0 Å². The van der Waals surface area contributed by atoms with E-state index >= 15 is 0 Å². The molecule has 0 spiro atoms. The zero-order valence-corrected chi connectivity index (χ0v) is 6.22. The molecule has 1 nitrogen and oxygen atoms in total. The number of rotatable bonds is 2. The Bertz CT molecular complexity index is 124. The first-order chi connectivity index (χ1) is 4.79. The summed E-state index contributed by atoms with van der Waals surface area (Å²) in [5, 5.41) is 0. The predicted molar refractivity (Wildman–Crippen MR) is 38.6 cm³/mol. The topological polar surface area (TPSA) is 9.23 Å². The predicted octanol–water partition coefficient (Wildman–Crippen LogP) is 1.79. The third-order valence-electron chi connectivity index (χ3n) is 2.08. The van der Waals surface area contributed by atoms with Gasteiger partial charge in [0.25, 0.3) is 0 Å². The molecule has 0 aromatic rings. The number of hydrogen-bond donors (Lipinski definition) is 0. The Hall–Kier alpha value is -0.370. The highest BCUT2D eigenvalue weighted by molar-refractivity contribution is 4.92. The molecule has 58 valence electrons. The van der Waals surface area contributed by atoms with Crippen LogP contribution in [0, 0.1) is 11.8 Å². The number of alkyl halides is 1. The number of halogens is 1. The van der Waals surface area contributed by atoms with Gasteiger partial charge in [0.05, 0.1) is 12.7 Å². The second-order valence-electron chi connectivity index (χ2n) is 2.82. The van der Waals surface area contributed by atoms with Crippen LogP contribution in [0.1, 0.15) is 6.92 Å². The molecule has 1 saturated heterocycles. The molecule has 3 atom stereocenters. The van der Waals surface area contributed by atoms with Gasteiger partial charge in [0.15, 0.2) is 0 Å². The SMILES string of the molecule is C=C[C@H]1C(C)CO[C@H]1CF. The van der Waals surface area contributed by atoms with Gasteiger partial charge in [-0.3, -0.25) is 0 Å². The molecule has 1 rings (SSSR count). The Labute approximate surface area is 60.9 Å².